The van der Waals surface area contributed by atoms with Crippen LogP contribution in [0.4, 0.5) is 5.69 Å². The van der Waals surface area contributed by atoms with Crippen molar-refractivity contribution in [3.63, 3.8) is 0 Å². The summed E-state index contributed by atoms with van der Waals surface area (Å²) in [5.74, 6) is 0.110. The normalized spacial score (nSPS) is 11.6. The summed E-state index contributed by atoms with van der Waals surface area (Å²) in [6.45, 7) is 1.52. The third-order valence-corrected chi connectivity index (χ3v) is 4.35. The number of anilines is 1. The predicted octanol–water partition coefficient (Wildman–Crippen LogP) is 3.36. The van der Waals surface area contributed by atoms with Crippen LogP contribution in [0.1, 0.15) is 12.5 Å². The highest BCUT2D eigenvalue weighted by molar-refractivity contribution is 5.95. The summed E-state index contributed by atoms with van der Waals surface area (Å²) < 4.78 is 15.7. The molecular weight excluding hydrogens is 372 g/mol. The average molecular weight is 394 g/mol. The van der Waals surface area contributed by atoms with Gasteiger partial charge in [-0.25, -0.2) is 0 Å². The number of benzene rings is 2. The monoisotopic (exact) mass is 394 g/mol. The number of ether oxygens (including phenoxy) is 3. The van der Waals surface area contributed by atoms with Crippen molar-refractivity contribution in [2.45, 2.75) is 19.4 Å². The summed E-state index contributed by atoms with van der Waals surface area (Å²) in [4.78, 5) is 29.1. The Hall–Kier alpha value is -3.61. The first-order valence-corrected chi connectivity index (χ1v) is 9.06. The lowest BCUT2D eigenvalue weighted by Crippen LogP contribution is -2.30. The van der Waals surface area contributed by atoms with Crippen LogP contribution in [0, 0.1) is 0 Å². The molecular formula is C22H22N2O5. The molecule has 0 radical (unpaired) electrons. The van der Waals surface area contributed by atoms with Gasteiger partial charge in [-0.3, -0.25) is 14.6 Å². The molecule has 2 aromatic carbocycles. The SMILES string of the molecule is COc1cc(NC(=O)C(C)OC(=O)Cc2cccc3cccnc23)cc(OC)c1. The van der Waals surface area contributed by atoms with Crippen LogP contribution in [0.3, 0.4) is 0 Å². The van der Waals surface area contributed by atoms with Crippen LogP contribution in [0.2, 0.25) is 0 Å². The summed E-state index contributed by atoms with van der Waals surface area (Å²) in [6, 6.07) is 14.4. The van der Waals surface area contributed by atoms with Crippen molar-refractivity contribution < 1.29 is 23.8 Å². The molecule has 1 N–H and O–H groups in total. The van der Waals surface area contributed by atoms with Gasteiger partial charge >= 0.3 is 5.97 Å². The van der Waals surface area contributed by atoms with Crippen LogP contribution in [0.5, 0.6) is 11.5 Å². The van der Waals surface area contributed by atoms with Gasteiger partial charge in [0.2, 0.25) is 0 Å². The first kappa shape index (κ1) is 20.1. The topological polar surface area (TPSA) is 86.8 Å². The molecule has 3 aromatic rings. The van der Waals surface area contributed by atoms with Crippen molar-refractivity contribution in [1.29, 1.82) is 0 Å². The number of aromatic nitrogens is 1. The van der Waals surface area contributed by atoms with Crippen molar-refractivity contribution in [3.05, 3.63) is 60.3 Å². The zero-order valence-corrected chi connectivity index (χ0v) is 16.5. The molecule has 1 amide bonds. The van der Waals surface area contributed by atoms with Gasteiger partial charge in [0, 0.05) is 35.5 Å². The van der Waals surface area contributed by atoms with E-state index in [0.717, 1.165) is 16.5 Å². The maximum Gasteiger partial charge on any atom is 0.311 e. The van der Waals surface area contributed by atoms with E-state index in [0.29, 0.717) is 17.2 Å². The van der Waals surface area contributed by atoms with E-state index in [1.807, 2.05) is 30.3 Å². The molecule has 0 aliphatic rings. The van der Waals surface area contributed by atoms with E-state index in [9.17, 15) is 9.59 Å². The van der Waals surface area contributed by atoms with Gasteiger partial charge in [-0.05, 0) is 18.6 Å². The van der Waals surface area contributed by atoms with Gasteiger partial charge < -0.3 is 19.5 Å². The lowest BCUT2D eigenvalue weighted by Gasteiger charge is -2.15. The van der Waals surface area contributed by atoms with E-state index in [1.54, 1.807) is 24.4 Å². The van der Waals surface area contributed by atoms with Crippen molar-refractivity contribution in [2.24, 2.45) is 0 Å². The number of nitrogens with one attached hydrogen (secondary N) is 1. The number of esters is 1. The van der Waals surface area contributed by atoms with E-state index in [2.05, 4.69) is 10.3 Å². The van der Waals surface area contributed by atoms with Gasteiger partial charge in [-0.15, -0.1) is 0 Å². The fraction of sp³-hybridized carbons (Fsp3) is 0.227. The number of fused-ring (bicyclic) bond motifs is 1. The Balaban J connectivity index is 1.64. The number of carbonyl (C=O) groups is 2. The Bertz CT molecular complexity index is 1010. The molecule has 0 bridgehead atoms. The van der Waals surface area contributed by atoms with Crippen molar-refractivity contribution >= 4 is 28.5 Å². The molecule has 1 aromatic heterocycles. The number of methoxy groups -OCH3 is 2. The minimum atomic E-state index is -0.970. The van der Waals surface area contributed by atoms with E-state index >= 15 is 0 Å². The van der Waals surface area contributed by atoms with Crippen molar-refractivity contribution in [3.8, 4) is 11.5 Å². The Morgan fingerprint density at radius 3 is 2.41 bits per heavy atom. The predicted molar refractivity (Wildman–Crippen MR) is 109 cm³/mol. The molecule has 0 aliphatic heterocycles. The number of para-hydroxylation sites is 1. The zero-order chi connectivity index (χ0) is 20.8. The van der Waals surface area contributed by atoms with Crippen LogP contribution >= 0.6 is 0 Å². The van der Waals surface area contributed by atoms with Crippen LogP contribution in [0.25, 0.3) is 10.9 Å². The Labute approximate surface area is 168 Å². The molecule has 1 unspecified atom stereocenters. The van der Waals surface area contributed by atoms with Crippen molar-refractivity contribution in [2.75, 3.05) is 19.5 Å². The standard InChI is InChI=1S/C22H22N2O5/c1-14(22(26)24-17-11-18(27-2)13-19(12-17)28-3)29-20(25)10-16-7-4-6-15-8-5-9-23-21(15)16/h4-9,11-14H,10H2,1-3H3,(H,24,26). The Kier molecular flexibility index (Phi) is 6.29. The van der Waals surface area contributed by atoms with Gasteiger partial charge in [0.1, 0.15) is 11.5 Å². The number of pyridine rings is 1. The van der Waals surface area contributed by atoms with Crippen LogP contribution in [-0.4, -0.2) is 37.2 Å². The molecule has 3 rings (SSSR count). The van der Waals surface area contributed by atoms with Gasteiger partial charge in [0.05, 0.1) is 26.2 Å². The molecule has 7 nitrogen and oxygen atoms in total. The summed E-state index contributed by atoms with van der Waals surface area (Å²) in [5.41, 5.74) is 1.97. The second-order valence-corrected chi connectivity index (χ2v) is 6.39. The van der Waals surface area contributed by atoms with E-state index in [1.165, 1.54) is 21.1 Å². The summed E-state index contributed by atoms with van der Waals surface area (Å²) >= 11 is 0. The molecule has 1 atom stereocenters. The molecule has 0 saturated carbocycles. The smallest absolute Gasteiger partial charge is 0.311 e. The maximum absolute atomic E-state index is 12.4. The first-order valence-electron chi connectivity index (χ1n) is 9.06. The number of hydrogen-bond acceptors (Lipinski definition) is 6. The minimum absolute atomic E-state index is 0.0267. The van der Waals surface area contributed by atoms with Crippen molar-refractivity contribution in [1.82, 2.24) is 4.98 Å². The Morgan fingerprint density at radius 2 is 1.72 bits per heavy atom. The van der Waals surface area contributed by atoms with E-state index < -0.39 is 18.0 Å². The Morgan fingerprint density at radius 1 is 1.03 bits per heavy atom. The second kappa shape index (κ2) is 9.05. The molecule has 0 aliphatic carbocycles. The van der Waals surface area contributed by atoms with E-state index in [4.69, 9.17) is 14.2 Å². The summed E-state index contributed by atoms with van der Waals surface area (Å²) in [7, 11) is 3.04. The van der Waals surface area contributed by atoms with Gasteiger partial charge in [0.25, 0.3) is 5.91 Å². The highest BCUT2D eigenvalue weighted by Crippen LogP contribution is 2.26. The lowest BCUT2D eigenvalue weighted by molar-refractivity contribution is -0.152. The quantitative estimate of drug-likeness (QED) is 0.619. The van der Waals surface area contributed by atoms with Gasteiger partial charge in [-0.1, -0.05) is 24.3 Å². The molecule has 29 heavy (non-hydrogen) atoms. The molecule has 0 fully saturated rings. The van der Waals surface area contributed by atoms with Gasteiger partial charge in [0.15, 0.2) is 6.10 Å². The fourth-order valence-electron chi connectivity index (χ4n) is 2.88. The lowest BCUT2D eigenvalue weighted by atomic mass is 10.1. The molecule has 0 spiro atoms. The number of amides is 1. The van der Waals surface area contributed by atoms with Crippen LogP contribution in [0.15, 0.2) is 54.7 Å². The van der Waals surface area contributed by atoms with E-state index in [-0.39, 0.29) is 6.42 Å². The average Bonchev–Trinajstić information content (AvgIpc) is 2.73. The number of hydrogen-bond donors (Lipinski definition) is 1. The third kappa shape index (κ3) is 5.01. The molecule has 0 saturated heterocycles. The largest absolute Gasteiger partial charge is 0.497 e. The summed E-state index contributed by atoms with van der Waals surface area (Å²) in [6.07, 6.45) is 0.733. The fourth-order valence-corrected chi connectivity index (χ4v) is 2.88. The highest BCUT2D eigenvalue weighted by Gasteiger charge is 2.19. The van der Waals surface area contributed by atoms with Crippen LogP contribution in [-0.2, 0) is 20.7 Å². The molecule has 7 heteroatoms. The number of rotatable bonds is 7. The second-order valence-electron chi connectivity index (χ2n) is 6.39. The third-order valence-electron chi connectivity index (χ3n) is 4.35. The molecule has 150 valence electrons. The zero-order valence-electron chi connectivity index (χ0n) is 16.5. The minimum Gasteiger partial charge on any atom is -0.497 e. The molecule has 1 heterocycles. The summed E-state index contributed by atoms with van der Waals surface area (Å²) in [5, 5.41) is 3.64. The van der Waals surface area contributed by atoms with Gasteiger partial charge in [-0.2, -0.15) is 0 Å². The number of carbonyl (C=O) groups excluding carboxylic acids is 2. The maximum atomic E-state index is 12.4. The first-order chi connectivity index (χ1) is 14.0. The van der Waals surface area contributed by atoms with Crippen LogP contribution < -0.4 is 14.8 Å². The highest BCUT2D eigenvalue weighted by atomic mass is 16.5. The number of nitrogens with zero attached hydrogens (tertiary/aromatic N) is 1.